The van der Waals surface area contributed by atoms with Gasteiger partial charge in [-0.2, -0.15) is 11.8 Å². The number of urea groups is 1. The van der Waals surface area contributed by atoms with Gasteiger partial charge < -0.3 is 10.6 Å². The summed E-state index contributed by atoms with van der Waals surface area (Å²) in [4.78, 5) is 11.0. The van der Waals surface area contributed by atoms with Crippen molar-refractivity contribution in [2.75, 3.05) is 5.75 Å². The van der Waals surface area contributed by atoms with Gasteiger partial charge in [0.05, 0.1) is 6.04 Å². The van der Waals surface area contributed by atoms with E-state index in [2.05, 4.69) is 24.5 Å². The fourth-order valence-corrected chi connectivity index (χ4v) is 4.89. The summed E-state index contributed by atoms with van der Waals surface area (Å²) in [5.41, 5.74) is 0. The monoisotopic (exact) mass is 274 g/mol. The van der Waals surface area contributed by atoms with Crippen molar-refractivity contribution >= 4 is 30.4 Å². The van der Waals surface area contributed by atoms with Crippen molar-refractivity contribution < 1.29 is 4.79 Å². The second-order valence-electron chi connectivity index (χ2n) is 5.48. The van der Waals surface area contributed by atoms with E-state index in [9.17, 15) is 4.79 Å². The van der Waals surface area contributed by atoms with Crippen molar-refractivity contribution in [3.8, 4) is 0 Å². The molecule has 2 N–H and O–H groups in total. The first kappa shape index (κ1) is 13.4. The van der Waals surface area contributed by atoms with E-state index < -0.39 is 0 Å². The molecule has 0 aliphatic carbocycles. The minimum atomic E-state index is -0.320. The third-order valence-corrected chi connectivity index (χ3v) is 6.05. The molecule has 2 rings (SSSR count). The Morgan fingerprint density at radius 3 is 3.00 bits per heavy atom. The highest BCUT2D eigenvalue weighted by Gasteiger charge is 2.53. The number of thiol groups is 1. The topological polar surface area (TPSA) is 41.1 Å². The summed E-state index contributed by atoms with van der Waals surface area (Å²) in [6, 6.07) is 0.135. The maximum atomic E-state index is 11.3. The number of thioether (sulfide) groups is 1. The number of unbranched alkanes of at least 4 members (excludes halogenated alkanes) is 1. The average molecular weight is 274 g/mol. The van der Waals surface area contributed by atoms with Crippen LogP contribution in [0.5, 0.6) is 0 Å². The van der Waals surface area contributed by atoms with Crippen molar-refractivity contribution in [2.45, 2.75) is 55.7 Å². The maximum absolute atomic E-state index is 11.3. The van der Waals surface area contributed by atoms with Crippen LogP contribution in [0, 0.1) is 5.92 Å². The third-order valence-electron chi connectivity index (χ3n) is 3.60. The lowest BCUT2D eigenvalue weighted by atomic mass is 10.00. The van der Waals surface area contributed by atoms with E-state index in [1.165, 1.54) is 19.3 Å². The van der Waals surface area contributed by atoms with Crippen LogP contribution in [0.1, 0.15) is 39.5 Å². The molecule has 0 aromatic heterocycles. The molecule has 98 valence electrons. The number of hydrogen-bond acceptors (Lipinski definition) is 3. The lowest BCUT2D eigenvalue weighted by Gasteiger charge is -2.28. The largest absolute Gasteiger partial charge is 0.331 e. The first-order valence-electron chi connectivity index (χ1n) is 6.45. The fraction of sp³-hybridized carbons (Fsp3) is 0.917. The molecule has 2 aliphatic rings. The number of nitrogens with one attached hydrogen (secondary N) is 2. The maximum Gasteiger partial charge on any atom is 0.316 e. The van der Waals surface area contributed by atoms with Crippen LogP contribution < -0.4 is 10.6 Å². The molecular weight excluding hydrogens is 252 g/mol. The highest BCUT2D eigenvalue weighted by molar-refractivity contribution is 8.01. The zero-order chi connectivity index (χ0) is 12.5. The molecule has 0 saturated carbocycles. The number of fused-ring (bicyclic) bond motifs is 1. The van der Waals surface area contributed by atoms with Crippen molar-refractivity contribution in [1.29, 1.82) is 0 Å². The lowest BCUT2D eigenvalue weighted by Crippen LogP contribution is -2.48. The van der Waals surface area contributed by atoms with Crippen molar-refractivity contribution in [3.05, 3.63) is 0 Å². The summed E-state index contributed by atoms with van der Waals surface area (Å²) < 4.78 is 0. The predicted molar refractivity (Wildman–Crippen MR) is 76.7 cm³/mol. The van der Waals surface area contributed by atoms with Gasteiger partial charge in [0.2, 0.25) is 0 Å². The van der Waals surface area contributed by atoms with Crippen LogP contribution in [0.15, 0.2) is 0 Å². The van der Waals surface area contributed by atoms with Crippen LogP contribution in [0.4, 0.5) is 4.79 Å². The van der Waals surface area contributed by atoms with E-state index >= 15 is 0 Å². The number of carbonyl (C=O) groups is 1. The first-order valence-corrected chi connectivity index (χ1v) is 7.94. The number of rotatable bonds is 5. The van der Waals surface area contributed by atoms with E-state index in [0.717, 1.165) is 18.1 Å². The number of amides is 2. The molecule has 0 radical (unpaired) electrons. The molecule has 2 saturated heterocycles. The summed E-state index contributed by atoms with van der Waals surface area (Å²) in [6.07, 6.45) is 4.97. The van der Waals surface area contributed by atoms with Gasteiger partial charge in [0, 0.05) is 11.0 Å². The molecule has 0 spiro atoms. The van der Waals surface area contributed by atoms with E-state index in [1.54, 1.807) is 0 Å². The summed E-state index contributed by atoms with van der Waals surface area (Å²) >= 11 is 6.66. The zero-order valence-corrected chi connectivity index (χ0v) is 12.2. The molecule has 2 amide bonds. The highest BCUT2D eigenvalue weighted by Crippen LogP contribution is 2.43. The van der Waals surface area contributed by atoms with Gasteiger partial charge >= 0.3 is 6.03 Å². The van der Waals surface area contributed by atoms with Gasteiger partial charge in [0.25, 0.3) is 0 Å². The third kappa shape index (κ3) is 2.87. The average Bonchev–Trinajstić information content (AvgIpc) is 2.66. The smallest absolute Gasteiger partial charge is 0.316 e. The van der Waals surface area contributed by atoms with Gasteiger partial charge in [-0.15, -0.1) is 12.6 Å². The van der Waals surface area contributed by atoms with Crippen LogP contribution in [-0.4, -0.2) is 27.9 Å². The summed E-state index contributed by atoms with van der Waals surface area (Å²) in [5, 5.41) is 6.38. The fourth-order valence-electron chi connectivity index (χ4n) is 2.57. The Hall–Kier alpha value is -0.0300. The standard InChI is InChI=1S/C12H22N2OS2/c1-8(2)5-3-4-6-10-12(16)9(7-17-10)13-11(15)14-12/h8-10,16H,3-7H2,1-2H3,(H2,13,14,15)/t9?,10-,12?/m0/s1. The Morgan fingerprint density at radius 1 is 1.53 bits per heavy atom. The van der Waals surface area contributed by atoms with Crippen LogP contribution in [0.25, 0.3) is 0 Å². The Kier molecular flexibility index (Phi) is 4.18. The Balaban J connectivity index is 1.80. The molecule has 3 nitrogen and oxygen atoms in total. The van der Waals surface area contributed by atoms with E-state index in [4.69, 9.17) is 12.6 Å². The Morgan fingerprint density at radius 2 is 2.29 bits per heavy atom. The highest BCUT2D eigenvalue weighted by atomic mass is 32.2. The second kappa shape index (κ2) is 5.31. The van der Waals surface area contributed by atoms with Crippen molar-refractivity contribution in [2.24, 2.45) is 5.92 Å². The molecule has 2 heterocycles. The molecular formula is C12H22N2OS2. The quantitative estimate of drug-likeness (QED) is 0.410. The first-order chi connectivity index (χ1) is 8.02. The summed E-state index contributed by atoms with van der Waals surface area (Å²) in [5.74, 6) is 1.77. The molecule has 2 fully saturated rings. The van der Waals surface area contributed by atoms with Crippen LogP contribution >= 0.6 is 24.4 Å². The van der Waals surface area contributed by atoms with Crippen LogP contribution in [-0.2, 0) is 0 Å². The minimum Gasteiger partial charge on any atom is -0.331 e. The number of hydrogen-bond donors (Lipinski definition) is 3. The lowest BCUT2D eigenvalue weighted by molar-refractivity contribution is 0.246. The predicted octanol–water partition coefficient (Wildman–Crippen LogP) is 2.63. The van der Waals surface area contributed by atoms with Crippen LogP contribution in [0.2, 0.25) is 0 Å². The molecule has 0 aromatic rings. The Labute approximate surface area is 113 Å². The van der Waals surface area contributed by atoms with Gasteiger partial charge in [-0.1, -0.05) is 33.1 Å². The van der Waals surface area contributed by atoms with E-state index in [1.807, 2.05) is 11.8 Å². The van der Waals surface area contributed by atoms with E-state index in [0.29, 0.717) is 5.25 Å². The van der Waals surface area contributed by atoms with Gasteiger partial charge in [0.15, 0.2) is 0 Å². The second-order valence-corrected chi connectivity index (χ2v) is 7.45. The molecule has 0 bridgehead atoms. The summed E-state index contributed by atoms with van der Waals surface area (Å²) in [7, 11) is 0. The van der Waals surface area contributed by atoms with Crippen LogP contribution in [0.3, 0.4) is 0 Å². The molecule has 17 heavy (non-hydrogen) atoms. The molecule has 5 heteroatoms. The van der Waals surface area contributed by atoms with Gasteiger partial charge in [-0.05, 0) is 12.3 Å². The molecule has 0 aromatic carbocycles. The minimum absolute atomic E-state index is 0.0579. The normalized spacial score (nSPS) is 35.9. The van der Waals surface area contributed by atoms with Gasteiger partial charge in [-0.3, -0.25) is 0 Å². The number of carbonyl (C=O) groups excluding carboxylic acids is 1. The van der Waals surface area contributed by atoms with E-state index in [-0.39, 0.29) is 16.9 Å². The molecule has 2 unspecified atom stereocenters. The van der Waals surface area contributed by atoms with Crippen molar-refractivity contribution in [1.82, 2.24) is 10.6 Å². The SMILES string of the molecule is CC(C)CCCC[C@@H]1SCC2NC(=O)NC21S. The zero-order valence-electron chi connectivity index (χ0n) is 10.5. The summed E-state index contributed by atoms with van der Waals surface area (Å²) in [6.45, 7) is 4.53. The molecule has 3 atom stereocenters. The Bertz CT molecular complexity index is 298. The van der Waals surface area contributed by atoms with Gasteiger partial charge in [-0.25, -0.2) is 4.79 Å². The molecule has 2 aliphatic heterocycles. The van der Waals surface area contributed by atoms with Gasteiger partial charge in [0.1, 0.15) is 4.87 Å². The van der Waals surface area contributed by atoms with Crippen molar-refractivity contribution in [3.63, 3.8) is 0 Å².